The van der Waals surface area contributed by atoms with Gasteiger partial charge in [-0.2, -0.15) is 0 Å². The molecule has 0 saturated heterocycles. The number of halogens is 2. The minimum atomic E-state index is -1.06. The number of fused-ring (bicyclic) bond motifs is 3. The molecule has 0 saturated carbocycles. The Kier molecular flexibility index (Phi) is 3.72. The van der Waals surface area contributed by atoms with E-state index in [1.54, 1.807) is 17.0 Å². The Labute approximate surface area is 146 Å². The maximum atomic E-state index is 13.4. The van der Waals surface area contributed by atoms with E-state index >= 15 is 0 Å². The number of aromatic amines is 1. The number of hydrogen-bond donors (Lipinski definition) is 2. The molecule has 0 spiro atoms. The van der Waals surface area contributed by atoms with Crippen LogP contribution in [0.5, 0.6) is 0 Å². The fourth-order valence-corrected chi connectivity index (χ4v) is 3.33. The van der Waals surface area contributed by atoms with Gasteiger partial charge in [0.05, 0.1) is 5.56 Å². The van der Waals surface area contributed by atoms with Crippen LogP contribution in [0, 0.1) is 11.6 Å². The smallest absolute Gasteiger partial charge is 0.335 e. The Hall–Kier alpha value is -3.22. The quantitative estimate of drug-likeness (QED) is 0.740. The first kappa shape index (κ1) is 16.3. The average molecular weight is 356 g/mol. The average Bonchev–Trinajstić information content (AvgIpc) is 3.00. The molecule has 2 aromatic carbocycles. The van der Waals surface area contributed by atoms with Crippen LogP contribution in [-0.2, 0) is 13.0 Å². The first-order chi connectivity index (χ1) is 12.4. The monoisotopic (exact) mass is 356 g/mol. The van der Waals surface area contributed by atoms with E-state index < -0.39 is 23.5 Å². The molecule has 5 nitrogen and oxygen atoms in total. The molecule has 3 aromatic rings. The molecule has 1 aliphatic heterocycles. The minimum absolute atomic E-state index is 0.0819. The van der Waals surface area contributed by atoms with Crippen molar-refractivity contribution in [1.29, 1.82) is 0 Å². The van der Waals surface area contributed by atoms with Crippen molar-refractivity contribution in [2.45, 2.75) is 13.0 Å². The molecule has 0 atom stereocenters. The lowest BCUT2D eigenvalue weighted by atomic mass is 10.0. The zero-order valence-corrected chi connectivity index (χ0v) is 13.6. The van der Waals surface area contributed by atoms with Crippen LogP contribution in [0.15, 0.2) is 36.4 Å². The molecule has 1 aromatic heterocycles. The predicted molar refractivity (Wildman–Crippen MR) is 90.1 cm³/mol. The fraction of sp³-hybridized carbons (Fsp3) is 0.158. The largest absolute Gasteiger partial charge is 0.478 e. The topological polar surface area (TPSA) is 73.4 Å². The van der Waals surface area contributed by atoms with Gasteiger partial charge in [0.1, 0.15) is 0 Å². The van der Waals surface area contributed by atoms with Crippen molar-refractivity contribution in [2.24, 2.45) is 0 Å². The Bertz CT molecular complexity index is 1060. The van der Waals surface area contributed by atoms with Crippen molar-refractivity contribution in [3.63, 3.8) is 0 Å². The second-order valence-corrected chi connectivity index (χ2v) is 6.25. The number of nitrogens with zero attached hydrogens (tertiary/aromatic N) is 1. The third kappa shape index (κ3) is 2.61. The number of nitrogens with one attached hydrogen (secondary N) is 1. The van der Waals surface area contributed by atoms with Crippen LogP contribution in [0.3, 0.4) is 0 Å². The number of rotatable bonds is 2. The molecule has 0 bridgehead atoms. The number of hydrogen-bond acceptors (Lipinski definition) is 2. The summed E-state index contributed by atoms with van der Waals surface area (Å²) in [4.78, 5) is 28.7. The summed E-state index contributed by atoms with van der Waals surface area (Å²) in [6.07, 6.45) is 0.571. The molecule has 0 fully saturated rings. The van der Waals surface area contributed by atoms with Gasteiger partial charge < -0.3 is 15.0 Å². The first-order valence-electron chi connectivity index (χ1n) is 8.05. The SMILES string of the molecule is O=C(O)c1ccc2[nH]c3c(c2c1)CN(C(=O)c1ccc(F)c(F)c1)CC3. The third-order valence-electron chi connectivity index (χ3n) is 4.68. The van der Waals surface area contributed by atoms with Crippen LogP contribution in [0.1, 0.15) is 32.0 Å². The number of benzene rings is 2. The van der Waals surface area contributed by atoms with E-state index in [4.69, 9.17) is 0 Å². The van der Waals surface area contributed by atoms with Crippen LogP contribution in [0.25, 0.3) is 10.9 Å². The highest BCUT2D eigenvalue weighted by molar-refractivity contribution is 5.97. The van der Waals surface area contributed by atoms with Gasteiger partial charge in [-0.1, -0.05) is 0 Å². The number of carboxylic acid groups (broad SMARTS) is 1. The van der Waals surface area contributed by atoms with Gasteiger partial charge in [-0.05, 0) is 36.4 Å². The van der Waals surface area contributed by atoms with Crippen molar-refractivity contribution in [3.8, 4) is 0 Å². The molecule has 7 heteroatoms. The van der Waals surface area contributed by atoms with Crippen molar-refractivity contribution in [3.05, 3.63) is 70.4 Å². The van der Waals surface area contributed by atoms with E-state index in [1.807, 2.05) is 0 Å². The zero-order chi connectivity index (χ0) is 18.4. The van der Waals surface area contributed by atoms with Crippen molar-refractivity contribution >= 4 is 22.8 Å². The van der Waals surface area contributed by atoms with Crippen LogP contribution < -0.4 is 0 Å². The summed E-state index contributed by atoms with van der Waals surface area (Å²) in [5.74, 6) is -3.47. The van der Waals surface area contributed by atoms with E-state index in [2.05, 4.69) is 4.98 Å². The molecule has 1 amide bonds. The number of carbonyl (C=O) groups excluding carboxylic acids is 1. The Morgan fingerprint density at radius 3 is 2.54 bits per heavy atom. The Morgan fingerprint density at radius 1 is 1.04 bits per heavy atom. The zero-order valence-electron chi connectivity index (χ0n) is 13.6. The van der Waals surface area contributed by atoms with E-state index in [0.29, 0.717) is 13.0 Å². The molecule has 4 rings (SSSR count). The van der Waals surface area contributed by atoms with E-state index in [1.165, 1.54) is 12.1 Å². The van der Waals surface area contributed by atoms with Crippen LogP contribution in [0.4, 0.5) is 8.78 Å². The van der Waals surface area contributed by atoms with Crippen LogP contribution in [0.2, 0.25) is 0 Å². The van der Waals surface area contributed by atoms with Crippen LogP contribution >= 0.6 is 0 Å². The third-order valence-corrected chi connectivity index (χ3v) is 4.68. The minimum Gasteiger partial charge on any atom is -0.478 e. The summed E-state index contributed by atoms with van der Waals surface area (Å²) in [7, 11) is 0. The number of H-pyrrole nitrogens is 1. The highest BCUT2D eigenvalue weighted by Crippen LogP contribution is 2.29. The Balaban J connectivity index is 1.69. The maximum Gasteiger partial charge on any atom is 0.335 e. The van der Waals surface area contributed by atoms with Gasteiger partial charge in [-0.3, -0.25) is 4.79 Å². The molecule has 2 heterocycles. The second-order valence-electron chi connectivity index (χ2n) is 6.25. The van der Waals surface area contributed by atoms with Crippen molar-refractivity contribution < 1.29 is 23.5 Å². The van der Waals surface area contributed by atoms with Gasteiger partial charge in [0, 0.05) is 47.2 Å². The molecule has 132 valence electrons. The number of carboxylic acids is 1. The van der Waals surface area contributed by atoms with Crippen molar-refractivity contribution in [2.75, 3.05) is 6.54 Å². The van der Waals surface area contributed by atoms with Gasteiger partial charge in [-0.25, -0.2) is 13.6 Å². The number of aromatic carboxylic acids is 1. The molecule has 2 N–H and O–H groups in total. The molecule has 1 aliphatic rings. The molecule has 0 unspecified atom stereocenters. The summed E-state index contributed by atoms with van der Waals surface area (Å²) >= 11 is 0. The van der Waals surface area contributed by atoms with Gasteiger partial charge in [0.25, 0.3) is 5.91 Å². The standard InChI is InChI=1S/C19H14F2N2O3/c20-14-3-1-10(8-15(14)21)18(24)23-6-5-17-13(9-23)12-7-11(19(25)26)2-4-16(12)22-17/h1-4,7-8,22H,5-6,9H2,(H,25,26). The second kappa shape index (κ2) is 5.94. The highest BCUT2D eigenvalue weighted by Gasteiger charge is 2.25. The first-order valence-corrected chi connectivity index (χ1v) is 8.05. The molecule has 0 radical (unpaired) electrons. The van der Waals surface area contributed by atoms with Gasteiger partial charge in [-0.15, -0.1) is 0 Å². The summed E-state index contributed by atoms with van der Waals surface area (Å²) < 4.78 is 26.5. The lowest BCUT2D eigenvalue weighted by molar-refractivity contribution is 0.0694. The number of amides is 1. The summed E-state index contributed by atoms with van der Waals surface area (Å²) in [6, 6.07) is 7.90. The number of aromatic nitrogens is 1. The fourth-order valence-electron chi connectivity index (χ4n) is 3.33. The molecular weight excluding hydrogens is 342 g/mol. The van der Waals surface area contributed by atoms with E-state index in [9.17, 15) is 23.5 Å². The van der Waals surface area contributed by atoms with Crippen LogP contribution in [-0.4, -0.2) is 33.4 Å². The van der Waals surface area contributed by atoms with Gasteiger partial charge >= 0.3 is 5.97 Å². The van der Waals surface area contributed by atoms with Gasteiger partial charge in [0.2, 0.25) is 0 Å². The predicted octanol–water partition coefficient (Wildman–Crippen LogP) is 3.34. The van der Waals surface area contributed by atoms with Crippen molar-refractivity contribution in [1.82, 2.24) is 9.88 Å². The number of carbonyl (C=O) groups is 2. The summed E-state index contributed by atoms with van der Waals surface area (Å²) in [5, 5.41) is 9.93. The maximum absolute atomic E-state index is 13.4. The molecular formula is C19H14F2N2O3. The highest BCUT2D eigenvalue weighted by atomic mass is 19.2. The lowest BCUT2D eigenvalue weighted by Crippen LogP contribution is -2.35. The summed E-state index contributed by atoms with van der Waals surface area (Å²) in [5.41, 5.74) is 2.87. The lowest BCUT2D eigenvalue weighted by Gasteiger charge is -2.27. The van der Waals surface area contributed by atoms with Gasteiger partial charge in [0.15, 0.2) is 11.6 Å². The molecule has 26 heavy (non-hydrogen) atoms. The summed E-state index contributed by atoms with van der Waals surface area (Å²) in [6.45, 7) is 0.708. The van der Waals surface area contributed by atoms with E-state index in [-0.39, 0.29) is 17.7 Å². The molecule has 0 aliphatic carbocycles. The van der Waals surface area contributed by atoms with E-state index in [0.717, 1.165) is 34.3 Å². The Morgan fingerprint density at radius 2 is 1.81 bits per heavy atom. The normalized spacial score (nSPS) is 13.7.